The van der Waals surface area contributed by atoms with Crippen molar-refractivity contribution in [2.45, 2.75) is 142 Å². The number of nitrogens with zero attached hydrogens (tertiary/aromatic N) is 2. The fraction of sp³-hybridized carbons (Fsp3) is 0.478. The molecule has 4 rings (SSSR count). The second kappa shape index (κ2) is 25.6. The zero-order valence-electron chi connectivity index (χ0n) is 31.5. The summed E-state index contributed by atoms with van der Waals surface area (Å²) in [6.45, 7) is 2.21. The van der Waals surface area contributed by atoms with Crippen LogP contribution in [0.5, 0.6) is 11.5 Å². The minimum atomic E-state index is -0.171. The lowest BCUT2D eigenvalue weighted by Gasteiger charge is -2.08. The highest BCUT2D eigenvalue weighted by atomic mass is 16.5. The molecule has 2 aromatic carbocycles. The summed E-state index contributed by atoms with van der Waals surface area (Å²) in [6, 6.07) is 27.6. The van der Waals surface area contributed by atoms with Crippen molar-refractivity contribution in [2.24, 2.45) is 0 Å². The number of aryl methyl sites for hydroxylation is 2. The molecule has 278 valence electrons. The normalized spacial score (nSPS) is 11.0. The summed E-state index contributed by atoms with van der Waals surface area (Å²) in [5.41, 5.74) is 2.03. The van der Waals surface area contributed by atoms with E-state index in [-0.39, 0.29) is 11.9 Å². The molecule has 0 spiro atoms. The molecule has 2 aromatic heterocycles. The first-order valence-corrected chi connectivity index (χ1v) is 20.2. The van der Waals surface area contributed by atoms with E-state index in [1.165, 1.54) is 89.9 Å². The number of rotatable bonds is 27. The average molecular weight is 707 g/mol. The van der Waals surface area contributed by atoms with Crippen molar-refractivity contribution in [2.75, 3.05) is 0 Å². The molecule has 0 saturated heterocycles. The smallest absolute Gasteiger partial charge is 0.311 e. The van der Waals surface area contributed by atoms with Crippen LogP contribution in [0.4, 0.5) is 0 Å². The third-order valence-electron chi connectivity index (χ3n) is 9.65. The first kappa shape index (κ1) is 40.5. The molecule has 0 unspecified atom stereocenters. The number of hydrogen-bond donors (Lipinski definition) is 0. The van der Waals surface area contributed by atoms with Gasteiger partial charge in [0.15, 0.2) is 24.8 Å². The van der Waals surface area contributed by atoms with E-state index >= 15 is 0 Å². The Balaban J connectivity index is 0.964. The number of aromatic nitrogens is 2. The molecule has 0 fully saturated rings. The van der Waals surface area contributed by atoms with E-state index in [9.17, 15) is 9.59 Å². The van der Waals surface area contributed by atoms with Gasteiger partial charge in [-0.3, -0.25) is 9.59 Å². The summed E-state index contributed by atoms with van der Waals surface area (Å²) < 4.78 is 15.7. The zero-order chi connectivity index (χ0) is 36.3. The Morgan fingerprint density at radius 1 is 0.365 bits per heavy atom. The molecule has 0 atom stereocenters. The van der Waals surface area contributed by atoms with E-state index < -0.39 is 0 Å². The molecule has 6 heteroatoms. The Labute approximate surface area is 313 Å². The van der Waals surface area contributed by atoms with E-state index in [0.717, 1.165) is 49.9 Å². The number of ether oxygens (including phenoxy) is 2. The Hall–Kier alpha value is -4.32. The lowest BCUT2D eigenvalue weighted by Crippen LogP contribution is -2.32. The molecule has 2 heterocycles. The summed E-state index contributed by atoms with van der Waals surface area (Å²) >= 11 is 0. The molecule has 0 bridgehead atoms. The molecule has 52 heavy (non-hydrogen) atoms. The minimum absolute atomic E-state index is 0.171. The average Bonchev–Trinajstić information content (AvgIpc) is 3.17. The third kappa shape index (κ3) is 17.7. The van der Waals surface area contributed by atoms with Crippen molar-refractivity contribution in [3.05, 3.63) is 110 Å². The Bertz CT molecular complexity index is 1390. The highest BCUT2D eigenvalue weighted by Crippen LogP contribution is 2.25. The van der Waals surface area contributed by atoms with Crippen molar-refractivity contribution in [3.8, 4) is 22.6 Å². The van der Waals surface area contributed by atoms with Gasteiger partial charge < -0.3 is 9.47 Å². The molecule has 0 amide bonds. The van der Waals surface area contributed by atoms with Crippen LogP contribution >= 0.6 is 0 Å². The van der Waals surface area contributed by atoms with Gasteiger partial charge in [-0.05, 0) is 61.1 Å². The number of pyridine rings is 2. The van der Waals surface area contributed by atoms with E-state index in [2.05, 4.69) is 70.3 Å². The lowest BCUT2D eigenvalue weighted by atomic mass is 10.1. The van der Waals surface area contributed by atoms with Crippen LogP contribution in [0.1, 0.15) is 128 Å². The molecular weight excluding hydrogens is 645 g/mol. The SMILES string of the molecule is O=C(CCCCCCCCCCC[n+]1ccccc1)Oc1ccc(-c2ccc(OC(=O)CCCCCCCCCCC[n+]3ccccc3)cc2)cc1. The van der Waals surface area contributed by atoms with Gasteiger partial charge in [0.25, 0.3) is 0 Å². The van der Waals surface area contributed by atoms with Crippen molar-refractivity contribution in [3.63, 3.8) is 0 Å². The monoisotopic (exact) mass is 706 g/mol. The van der Waals surface area contributed by atoms with Crippen molar-refractivity contribution < 1.29 is 28.2 Å². The fourth-order valence-corrected chi connectivity index (χ4v) is 6.56. The van der Waals surface area contributed by atoms with Crippen LogP contribution in [0.3, 0.4) is 0 Å². The Morgan fingerprint density at radius 3 is 0.981 bits per heavy atom. The second-order valence-electron chi connectivity index (χ2n) is 14.1. The zero-order valence-corrected chi connectivity index (χ0v) is 31.5. The summed E-state index contributed by atoms with van der Waals surface area (Å²) in [5.74, 6) is 0.795. The fourth-order valence-electron chi connectivity index (χ4n) is 6.56. The second-order valence-corrected chi connectivity index (χ2v) is 14.1. The predicted octanol–water partition coefficient (Wildman–Crippen LogP) is 10.9. The predicted molar refractivity (Wildman–Crippen MR) is 209 cm³/mol. The topological polar surface area (TPSA) is 60.4 Å². The van der Waals surface area contributed by atoms with Gasteiger partial charge in [0.2, 0.25) is 0 Å². The molecular formula is C46H62N2O4+2. The van der Waals surface area contributed by atoms with Gasteiger partial charge in [-0.1, -0.05) is 113 Å². The van der Waals surface area contributed by atoms with Crippen LogP contribution in [-0.2, 0) is 22.7 Å². The maximum atomic E-state index is 12.4. The Kier molecular flexibility index (Phi) is 19.9. The van der Waals surface area contributed by atoms with Gasteiger partial charge >= 0.3 is 11.9 Å². The van der Waals surface area contributed by atoms with E-state index in [0.29, 0.717) is 24.3 Å². The van der Waals surface area contributed by atoms with Gasteiger partial charge in [-0.2, -0.15) is 0 Å². The first-order valence-electron chi connectivity index (χ1n) is 20.2. The van der Waals surface area contributed by atoms with Crippen LogP contribution in [0.25, 0.3) is 11.1 Å². The number of hydrogen-bond acceptors (Lipinski definition) is 4. The third-order valence-corrected chi connectivity index (χ3v) is 9.65. The molecule has 0 aliphatic heterocycles. The Morgan fingerprint density at radius 2 is 0.654 bits per heavy atom. The van der Waals surface area contributed by atoms with Crippen LogP contribution < -0.4 is 18.6 Å². The van der Waals surface area contributed by atoms with E-state index in [1.54, 1.807) is 0 Å². The van der Waals surface area contributed by atoms with Gasteiger partial charge in [0, 0.05) is 49.9 Å². The van der Waals surface area contributed by atoms with Crippen LogP contribution in [-0.4, -0.2) is 11.9 Å². The lowest BCUT2D eigenvalue weighted by molar-refractivity contribution is -0.697. The highest BCUT2D eigenvalue weighted by Gasteiger charge is 2.08. The van der Waals surface area contributed by atoms with Crippen molar-refractivity contribution >= 4 is 11.9 Å². The summed E-state index contributed by atoms with van der Waals surface area (Å²) in [5, 5.41) is 0. The molecule has 0 radical (unpaired) electrons. The number of carbonyl (C=O) groups excluding carboxylic acids is 2. The molecule has 0 saturated carbocycles. The molecule has 4 aromatic rings. The molecule has 0 aliphatic carbocycles. The van der Waals surface area contributed by atoms with Crippen molar-refractivity contribution in [1.29, 1.82) is 0 Å². The highest BCUT2D eigenvalue weighted by molar-refractivity contribution is 5.74. The number of carbonyl (C=O) groups is 2. The summed E-state index contributed by atoms with van der Waals surface area (Å²) in [7, 11) is 0. The number of esters is 2. The summed E-state index contributed by atoms with van der Waals surface area (Å²) in [4.78, 5) is 24.7. The molecule has 6 nitrogen and oxygen atoms in total. The molecule has 0 N–H and O–H groups in total. The van der Waals surface area contributed by atoms with Crippen LogP contribution in [0.15, 0.2) is 110 Å². The standard InChI is InChI=1S/C46H62N2O4/c49-45(25-17-11-7-3-1-5-9-13-19-35-47-37-21-15-22-38-47)51-43-31-27-41(28-32-43)42-29-33-44(34-30-42)52-46(50)26-18-12-8-4-2-6-10-14-20-36-48-39-23-16-24-40-48/h15-16,21-24,27-34,37-40H,1-14,17-20,25-26,35-36H2/q+2. The van der Waals surface area contributed by atoms with E-state index in [1.807, 2.05) is 48.5 Å². The number of benzene rings is 2. The maximum absolute atomic E-state index is 12.4. The van der Waals surface area contributed by atoms with E-state index in [4.69, 9.17) is 9.47 Å². The van der Waals surface area contributed by atoms with Crippen LogP contribution in [0.2, 0.25) is 0 Å². The van der Waals surface area contributed by atoms with Crippen LogP contribution in [0, 0.1) is 0 Å². The molecule has 0 aliphatic rings. The van der Waals surface area contributed by atoms with Crippen molar-refractivity contribution in [1.82, 2.24) is 0 Å². The maximum Gasteiger partial charge on any atom is 0.311 e. The number of unbranched alkanes of at least 4 members (excludes halogenated alkanes) is 16. The largest absolute Gasteiger partial charge is 0.427 e. The summed E-state index contributed by atoms with van der Waals surface area (Å²) in [6.07, 6.45) is 31.0. The van der Waals surface area contributed by atoms with Gasteiger partial charge in [0.1, 0.15) is 24.6 Å². The van der Waals surface area contributed by atoms with Gasteiger partial charge in [-0.25, -0.2) is 9.13 Å². The first-order chi connectivity index (χ1) is 25.7. The van der Waals surface area contributed by atoms with Gasteiger partial charge in [0.05, 0.1) is 0 Å². The van der Waals surface area contributed by atoms with Gasteiger partial charge in [-0.15, -0.1) is 0 Å². The quantitative estimate of drug-likeness (QED) is 0.0268. The minimum Gasteiger partial charge on any atom is -0.427 e.